The lowest BCUT2D eigenvalue weighted by Gasteiger charge is -2.02. The van der Waals surface area contributed by atoms with Gasteiger partial charge in [-0.1, -0.05) is 47.5 Å². The van der Waals surface area contributed by atoms with E-state index >= 15 is 0 Å². The van der Waals surface area contributed by atoms with Gasteiger partial charge in [-0.05, 0) is 24.3 Å². The van der Waals surface area contributed by atoms with Gasteiger partial charge in [0.1, 0.15) is 5.58 Å². The Morgan fingerprint density at radius 3 is 2.58 bits per heavy atom. The van der Waals surface area contributed by atoms with Crippen molar-refractivity contribution in [3.8, 4) is 0 Å². The van der Waals surface area contributed by atoms with E-state index in [0.29, 0.717) is 16.2 Å². The Hall–Kier alpha value is -1.77. The first-order chi connectivity index (χ1) is 9.16. The molecule has 4 heteroatoms. The Labute approximate surface area is 119 Å². The predicted molar refractivity (Wildman–Crippen MR) is 76.1 cm³/mol. The molecule has 3 aromatic rings. The Morgan fingerprint density at radius 1 is 1.00 bits per heavy atom. The first-order valence-corrected chi connectivity index (χ1v) is 6.39. The third kappa shape index (κ3) is 2.14. The maximum atomic E-state index is 12.4. The summed E-state index contributed by atoms with van der Waals surface area (Å²) in [5, 5.41) is 1.47. The molecule has 0 bridgehead atoms. The molecule has 2 nitrogen and oxygen atoms in total. The van der Waals surface area contributed by atoms with Crippen LogP contribution >= 0.6 is 23.2 Å². The average Bonchev–Trinajstić information content (AvgIpc) is 2.85. The van der Waals surface area contributed by atoms with Crippen LogP contribution in [0.25, 0.3) is 11.0 Å². The number of carbonyl (C=O) groups excluding carboxylic acids is 1. The predicted octanol–water partition coefficient (Wildman–Crippen LogP) is 4.97. The van der Waals surface area contributed by atoms with E-state index in [1.54, 1.807) is 24.3 Å². The molecule has 0 amide bonds. The van der Waals surface area contributed by atoms with E-state index < -0.39 is 0 Å². The minimum Gasteiger partial charge on any atom is -0.453 e. The lowest BCUT2D eigenvalue weighted by molar-refractivity contribution is 0.101. The van der Waals surface area contributed by atoms with Gasteiger partial charge in [-0.25, -0.2) is 0 Å². The van der Waals surface area contributed by atoms with Crippen LogP contribution in [0.5, 0.6) is 0 Å². The zero-order valence-corrected chi connectivity index (χ0v) is 11.2. The highest BCUT2D eigenvalue weighted by Crippen LogP contribution is 2.29. The molecular formula is C15H8Cl2O2. The second-order valence-electron chi connectivity index (χ2n) is 4.08. The maximum Gasteiger partial charge on any atom is 0.229 e. The summed E-state index contributed by atoms with van der Waals surface area (Å²) < 4.78 is 5.53. The molecule has 0 spiro atoms. The quantitative estimate of drug-likeness (QED) is 0.624. The summed E-state index contributed by atoms with van der Waals surface area (Å²) in [7, 11) is 0. The highest BCUT2D eigenvalue weighted by molar-refractivity contribution is 6.44. The molecule has 0 radical (unpaired) electrons. The fourth-order valence-corrected chi connectivity index (χ4v) is 2.29. The van der Waals surface area contributed by atoms with Gasteiger partial charge in [0, 0.05) is 10.9 Å². The third-order valence-electron chi connectivity index (χ3n) is 2.85. The zero-order chi connectivity index (χ0) is 13.4. The van der Waals surface area contributed by atoms with Crippen molar-refractivity contribution in [2.24, 2.45) is 0 Å². The maximum absolute atomic E-state index is 12.4. The minimum atomic E-state index is -0.274. The first-order valence-electron chi connectivity index (χ1n) is 5.64. The van der Waals surface area contributed by atoms with Crippen molar-refractivity contribution in [1.82, 2.24) is 0 Å². The molecule has 0 unspecified atom stereocenters. The summed E-state index contributed by atoms with van der Waals surface area (Å²) in [6.45, 7) is 0. The molecular weight excluding hydrogens is 283 g/mol. The van der Waals surface area contributed by atoms with Gasteiger partial charge >= 0.3 is 0 Å². The average molecular weight is 291 g/mol. The van der Waals surface area contributed by atoms with Crippen molar-refractivity contribution in [3.63, 3.8) is 0 Å². The molecule has 0 atom stereocenters. The van der Waals surface area contributed by atoms with Gasteiger partial charge in [-0.2, -0.15) is 0 Å². The number of furan rings is 1. The SMILES string of the molecule is O=C(c1cc2ccccc2o1)c1cccc(Cl)c1Cl. The zero-order valence-electron chi connectivity index (χ0n) is 9.69. The molecule has 19 heavy (non-hydrogen) atoms. The Bertz CT molecular complexity index is 742. The lowest BCUT2D eigenvalue weighted by Crippen LogP contribution is -2.00. The van der Waals surface area contributed by atoms with Crippen molar-refractivity contribution < 1.29 is 9.21 Å². The topological polar surface area (TPSA) is 30.2 Å². The van der Waals surface area contributed by atoms with E-state index in [9.17, 15) is 4.79 Å². The summed E-state index contributed by atoms with van der Waals surface area (Å²) in [6, 6.07) is 14.1. The van der Waals surface area contributed by atoms with Crippen LogP contribution in [-0.2, 0) is 0 Å². The number of rotatable bonds is 2. The van der Waals surface area contributed by atoms with Crippen molar-refractivity contribution in [2.75, 3.05) is 0 Å². The Balaban J connectivity index is 2.11. The number of hydrogen-bond donors (Lipinski definition) is 0. The normalized spacial score (nSPS) is 10.8. The fraction of sp³-hybridized carbons (Fsp3) is 0. The number of carbonyl (C=O) groups is 1. The molecule has 0 aliphatic heterocycles. The van der Waals surface area contributed by atoms with Crippen molar-refractivity contribution in [2.45, 2.75) is 0 Å². The summed E-state index contributed by atoms with van der Waals surface area (Å²) in [5.41, 5.74) is 1.01. The third-order valence-corrected chi connectivity index (χ3v) is 3.66. The molecule has 3 rings (SSSR count). The van der Waals surface area contributed by atoms with Crippen LogP contribution in [0.15, 0.2) is 52.9 Å². The standard InChI is InChI=1S/C15H8Cl2O2/c16-11-6-3-5-10(14(11)17)15(18)13-8-9-4-1-2-7-12(9)19-13/h1-8H. The fourth-order valence-electron chi connectivity index (χ4n) is 1.91. The van der Waals surface area contributed by atoms with E-state index in [2.05, 4.69) is 0 Å². The van der Waals surface area contributed by atoms with Crippen LogP contribution in [0.1, 0.15) is 16.1 Å². The van der Waals surface area contributed by atoms with Crippen LogP contribution in [0.4, 0.5) is 0 Å². The van der Waals surface area contributed by atoms with Crippen LogP contribution < -0.4 is 0 Å². The number of benzene rings is 2. The molecule has 0 N–H and O–H groups in total. The molecule has 0 aliphatic carbocycles. The molecule has 0 aliphatic rings. The second-order valence-corrected chi connectivity index (χ2v) is 4.86. The molecule has 1 aromatic heterocycles. The number of fused-ring (bicyclic) bond motifs is 1. The minimum absolute atomic E-state index is 0.245. The molecule has 0 saturated carbocycles. The van der Waals surface area contributed by atoms with E-state index in [-0.39, 0.29) is 16.6 Å². The van der Waals surface area contributed by atoms with E-state index in [1.807, 2.05) is 24.3 Å². The molecule has 2 aromatic carbocycles. The van der Waals surface area contributed by atoms with Gasteiger partial charge in [0.25, 0.3) is 0 Å². The lowest BCUT2D eigenvalue weighted by atomic mass is 10.1. The van der Waals surface area contributed by atoms with Crippen molar-refractivity contribution in [1.29, 1.82) is 0 Å². The van der Waals surface area contributed by atoms with Crippen molar-refractivity contribution >= 4 is 40.0 Å². The number of halogens is 2. The molecule has 1 heterocycles. The number of para-hydroxylation sites is 1. The molecule has 0 saturated heterocycles. The summed E-state index contributed by atoms with van der Waals surface area (Å²) >= 11 is 12.0. The molecule has 0 fully saturated rings. The largest absolute Gasteiger partial charge is 0.453 e. The van der Waals surface area contributed by atoms with Gasteiger partial charge in [-0.3, -0.25) is 4.79 Å². The highest BCUT2D eigenvalue weighted by atomic mass is 35.5. The first kappa shape index (κ1) is 12.3. The second kappa shape index (κ2) is 4.72. The van der Waals surface area contributed by atoms with Crippen LogP contribution in [-0.4, -0.2) is 5.78 Å². The summed E-state index contributed by atoms with van der Waals surface area (Å²) in [6.07, 6.45) is 0. The highest BCUT2D eigenvalue weighted by Gasteiger charge is 2.18. The Morgan fingerprint density at radius 2 is 1.79 bits per heavy atom. The van der Waals surface area contributed by atoms with Crippen molar-refractivity contribution in [3.05, 3.63) is 69.9 Å². The van der Waals surface area contributed by atoms with Gasteiger partial charge in [0.15, 0.2) is 5.76 Å². The van der Waals surface area contributed by atoms with Crippen LogP contribution in [0.3, 0.4) is 0 Å². The molecule has 94 valence electrons. The van der Waals surface area contributed by atoms with Crippen LogP contribution in [0, 0.1) is 0 Å². The van der Waals surface area contributed by atoms with E-state index in [4.69, 9.17) is 27.6 Å². The van der Waals surface area contributed by atoms with Crippen LogP contribution in [0.2, 0.25) is 10.0 Å². The monoisotopic (exact) mass is 290 g/mol. The smallest absolute Gasteiger partial charge is 0.229 e. The summed E-state index contributed by atoms with van der Waals surface area (Å²) in [5.74, 6) is -0.0194. The van der Waals surface area contributed by atoms with Gasteiger partial charge < -0.3 is 4.42 Å². The number of ketones is 1. The van der Waals surface area contributed by atoms with Gasteiger partial charge in [0.05, 0.1) is 10.0 Å². The van der Waals surface area contributed by atoms with E-state index in [1.165, 1.54) is 0 Å². The number of hydrogen-bond acceptors (Lipinski definition) is 2. The van der Waals surface area contributed by atoms with Gasteiger partial charge in [-0.15, -0.1) is 0 Å². The Kier molecular flexibility index (Phi) is 3.05. The van der Waals surface area contributed by atoms with Gasteiger partial charge in [0.2, 0.25) is 5.78 Å². The summed E-state index contributed by atoms with van der Waals surface area (Å²) in [4.78, 5) is 12.4. The van der Waals surface area contributed by atoms with E-state index in [0.717, 1.165) is 5.39 Å².